The molecule has 0 radical (unpaired) electrons. The first-order valence-corrected chi connectivity index (χ1v) is 4.40. The number of aliphatic carboxylic acids is 1. The van der Waals surface area contributed by atoms with Crippen LogP contribution in [0.3, 0.4) is 0 Å². The predicted octanol–water partition coefficient (Wildman–Crippen LogP) is -1.68. The summed E-state index contributed by atoms with van der Waals surface area (Å²) in [7, 11) is 0. The molecule has 0 saturated carbocycles. The van der Waals surface area contributed by atoms with Crippen molar-refractivity contribution in [2.24, 2.45) is 0 Å². The molecule has 2 nitrogen and oxygen atoms in total. The zero-order chi connectivity index (χ0) is 8.69. The molecule has 0 saturated heterocycles. The molecule has 0 aromatic carbocycles. The van der Waals surface area contributed by atoms with Crippen LogP contribution in [-0.4, -0.2) is 11.3 Å². The van der Waals surface area contributed by atoms with E-state index in [-0.39, 0.29) is 41.4 Å². The second-order valence-corrected chi connectivity index (χ2v) is 3.50. The molecular weight excluding hydrogens is 187 g/mol. The number of unbranched alkanes of at least 4 members (excludes halogenated alkanes) is 2. The maximum absolute atomic E-state index is 9.96. The molecule has 1 unspecified atom stereocenters. The molecule has 0 aromatic heterocycles. The van der Waals surface area contributed by atoms with E-state index in [9.17, 15) is 9.90 Å². The molecule has 1 atom stereocenters. The fourth-order valence-corrected chi connectivity index (χ4v) is 1.03. The van der Waals surface area contributed by atoms with Crippen molar-refractivity contribution >= 4 is 17.6 Å². The minimum Gasteiger partial charge on any atom is -0.550 e. The predicted molar refractivity (Wildman–Crippen MR) is 43.4 cm³/mol. The van der Waals surface area contributed by atoms with Crippen LogP contribution in [0.2, 0.25) is 0 Å². The van der Waals surface area contributed by atoms with Crippen molar-refractivity contribution in [2.75, 3.05) is 0 Å². The van der Waals surface area contributed by atoms with Crippen molar-refractivity contribution < 1.29 is 39.5 Å². The molecule has 0 spiro atoms. The second kappa shape index (κ2) is 9.85. The van der Waals surface area contributed by atoms with Gasteiger partial charge < -0.3 is 9.90 Å². The van der Waals surface area contributed by atoms with Crippen LogP contribution in [0.25, 0.3) is 0 Å². The molecule has 0 amide bonds. The molecule has 0 aliphatic rings. The molecule has 0 aliphatic carbocycles. The van der Waals surface area contributed by atoms with Gasteiger partial charge in [-0.05, 0) is 26.2 Å². The first-order chi connectivity index (χ1) is 5.13. The van der Waals surface area contributed by atoms with Gasteiger partial charge in [0.15, 0.2) is 0 Å². The molecule has 0 rings (SSSR count). The smallest absolute Gasteiger partial charge is 0.550 e. The average molecular weight is 201 g/mol. The van der Waals surface area contributed by atoms with E-state index in [4.69, 9.17) is 11.6 Å². The van der Waals surface area contributed by atoms with Crippen LogP contribution in [0, 0.1) is 0 Å². The maximum atomic E-state index is 9.96. The van der Waals surface area contributed by atoms with Gasteiger partial charge in [0.2, 0.25) is 0 Å². The molecule has 12 heavy (non-hydrogen) atoms. The Hall–Kier alpha value is 0.760. The van der Waals surface area contributed by atoms with Crippen LogP contribution in [0.15, 0.2) is 0 Å². The summed E-state index contributed by atoms with van der Waals surface area (Å²) in [5, 5.41) is 10.2. The van der Waals surface area contributed by atoms with Crippen LogP contribution in [0.5, 0.6) is 0 Å². The molecule has 0 heterocycles. The normalized spacial score (nSPS) is 11.8. The van der Waals surface area contributed by atoms with E-state index in [1.54, 1.807) is 0 Å². The summed E-state index contributed by atoms with van der Waals surface area (Å²) < 4.78 is 0. The van der Waals surface area contributed by atoms with E-state index in [1.165, 1.54) is 0 Å². The van der Waals surface area contributed by atoms with Crippen molar-refractivity contribution in [2.45, 2.75) is 44.4 Å². The van der Waals surface area contributed by atoms with Gasteiger partial charge >= 0.3 is 29.6 Å². The number of halogens is 1. The third-order valence-electron chi connectivity index (χ3n) is 1.48. The van der Waals surface area contributed by atoms with Gasteiger partial charge in [0.1, 0.15) is 0 Å². The number of carboxylic acid groups (broad SMARTS) is 1. The fourth-order valence-electron chi connectivity index (χ4n) is 0.872. The van der Waals surface area contributed by atoms with E-state index in [0.29, 0.717) is 6.42 Å². The molecule has 0 aromatic rings. The molecule has 0 bridgehead atoms. The Morgan fingerprint density at radius 2 is 2.00 bits per heavy atom. The first-order valence-electron chi connectivity index (χ1n) is 3.97. The Balaban J connectivity index is 0. The molecule has 0 fully saturated rings. The Morgan fingerprint density at radius 1 is 1.42 bits per heavy atom. The number of rotatable bonds is 6. The number of carboxylic acids is 1. The summed E-state index contributed by atoms with van der Waals surface area (Å²) in [5.41, 5.74) is 0. The summed E-state index contributed by atoms with van der Waals surface area (Å²) >= 11 is 5.69. The van der Waals surface area contributed by atoms with Crippen LogP contribution in [0.4, 0.5) is 0 Å². The van der Waals surface area contributed by atoms with Crippen LogP contribution in [-0.2, 0) is 4.79 Å². The quantitative estimate of drug-likeness (QED) is 0.292. The van der Waals surface area contributed by atoms with Crippen molar-refractivity contribution in [3.63, 3.8) is 0 Å². The summed E-state index contributed by atoms with van der Waals surface area (Å²) in [6, 6.07) is 0. The average Bonchev–Trinajstić information content (AvgIpc) is 1.85. The maximum Gasteiger partial charge on any atom is 1.00 e. The molecule has 0 aliphatic heterocycles. The Kier molecular flexibility index (Phi) is 12.5. The van der Waals surface area contributed by atoms with Gasteiger partial charge in [0, 0.05) is 11.3 Å². The van der Waals surface area contributed by atoms with E-state index in [0.717, 1.165) is 19.3 Å². The first kappa shape index (κ1) is 15.2. The monoisotopic (exact) mass is 200 g/mol. The van der Waals surface area contributed by atoms with Crippen molar-refractivity contribution in [1.82, 2.24) is 0 Å². The molecular formula is C8H14ClNaO2. The number of carbonyl (C=O) groups is 1. The van der Waals surface area contributed by atoms with Crippen LogP contribution in [0.1, 0.15) is 39.0 Å². The minimum atomic E-state index is -0.955. The van der Waals surface area contributed by atoms with Crippen LogP contribution >= 0.6 is 11.6 Å². The summed E-state index contributed by atoms with van der Waals surface area (Å²) in [6.07, 6.45) is 3.81. The van der Waals surface area contributed by atoms with Crippen molar-refractivity contribution in [3.8, 4) is 0 Å². The molecule has 0 N–H and O–H groups in total. The third kappa shape index (κ3) is 13.4. The second-order valence-electron chi connectivity index (χ2n) is 2.75. The van der Waals surface area contributed by atoms with Gasteiger partial charge in [-0.3, -0.25) is 0 Å². The third-order valence-corrected chi connectivity index (χ3v) is 1.70. The number of hydrogen-bond acceptors (Lipinski definition) is 2. The van der Waals surface area contributed by atoms with Gasteiger partial charge in [-0.15, -0.1) is 11.6 Å². The fraction of sp³-hybridized carbons (Fsp3) is 0.875. The summed E-state index contributed by atoms with van der Waals surface area (Å²) in [4.78, 5) is 9.96. The number of carbonyl (C=O) groups excluding carboxylic acids is 1. The Bertz CT molecular complexity index is 118. The van der Waals surface area contributed by atoms with Gasteiger partial charge in [-0.25, -0.2) is 0 Å². The molecule has 4 heteroatoms. The SMILES string of the molecule is CC(Cl)CCCCCC(=O)[O-].[Na+]. The van der Waals surface area contributed by atoms with Gasteiger partial charge in [-0.2, -0.15) is 0 Å². The zero-order valence-corrected chi connectivity index (χ0v) is 10.6. The van der Waals surface area contributed by atoms with E-state index in [1.807, 2.05) is 6.92 Å². The zero-order valence-electron chi connectivity index (χ0n) is 7.81. The molecule has 66 valence electrons. The standard InChI is InChI=1S/C8H15ClO2.Na/c1-7(9)5-3-2-4-6-8(10)11;/h7H,2-6H2,1H3,(H,10,11);/q;+1/p-1. The van der Waals surface area contributed by atoms with Gasteiger partial charge in [-0.1, -0.05) is 12.8 Å². The van der Waals surface area contributed by atoms with E-state index >= 15 is 0 Å². The number of alkyl halides is 1. The van der Waals surface area contributed by atoms with E-state index < -0.39 is 5.97 Å². The topological polar surface area (TPSA) is 40.1 Å². The largest absolute Gasteiger partial charge is 1.00 e. The Labute approximate surface area is 101 Å². The van der Waals surface area contributed by atoms with E-state index in [2.05, 4.69) is 0 Å². The summed E-state index contributed by atoms with van der Waals surface area (Å²) in [5.74, 6) is -0.955. The summed E-state index contributed by atoms with van der Waals surface area (Å²) in [6.45, 7) is 1.94. The van der Waals surface area contributed by atoms with Gasteiger partial charge in [0.25, 0.3) is 0 Å². The van der Waals surface area contributed by atoms with Crippen LogP contribution < -0.4 is 34.7 Å². The van der Waals surface area contributed by atoms with Crippen molar-refractivity contribution in [1.29, 1.82) is 0 Å². The van der Waals surface area contributed by atoms with Gasteiger partial charge in [0.05, 0.1) is 0 Å². The number of hydrogen-bond donors (Lipinski definition) is 0. The minimum absolute atomic E-state index is 0. The van der Waals surface area contributed by atoms with Crippen molar-refractivity contribution in [3.05, 3.63) is 0 Å². The Morgan fingerprint density at radius 3 is 2.42 bits per heavy atom.